The van der Waals surface area contributed by atoms with Crippen molar-refractivity contribution in [3.63, 3.8) is 0 Å². The number of nitrogens with zero attached hydrogens (tertiary/aromatic N) is 4. The number of carbonyl (C=O) groups excluding carboxylic acids is 2. The highest BCUT2D eigenvalue weighted by Gasteiger charge is 2.37. The molecule has 10 nitrogen and oxygen atoms in total. The second kappa shape index (κ2) is 10.3. The van der Waals surface area contributed by atoms with Crippen molar-refractivity contribution in [3.8, 4) is 22.9 Å². The minimum atomic E-state index is -5.07. The topological polar surface area (TPSA) is 120 Å². The van der Waals surface area contributed by atoms with Crippen LogP contribution in [0.3, 0.4) is 0 Å². The molecule has 2 amide bonds. The van der Waals surface area contributed by atoms with E-state index in [2.05, 4.69) is 26.3 Å². The molecule has 3 rings (SSSR count). The molecule has 0 radical (unpaired) electrons. The number of amides is 2. The van der Waals surface area contributed by atoms with E-state index >= 15 is 0 Å². The molecule has 0 spiro atoms. The fraction of sp³-hybridized carbons (Fsp3) is 0.286. The van der Waals surface area contributed by atoms with Crippen molar-refractivity contribution < 1.29 is 45.4 Å². The van der Waals surface area contributed by atoms with Crippen LogP contribution in [0, 0.1) is 0 Å². The zero-order valence-corrected chi connectivity index (χ0v) is 19.2. The third kappa shape index (κ3) is 6.25. The van der Waals surface area contributed by atoms with Gasteiger partial charge < -0.3 is 9.47 Å². The summed E-state index contributed by atoms with van der Waals surface area (Å²) >= 11 is 0. The molecule has 0 saturated carbocycles. The Hall–Kier alpha value is -4.37. The van der Waals surface area contributed by atoms with Crippen LogP contribution in [0.5, 0.6) is 11.5 Å². The van der Waals surface area contributed by atoms with Gasteiger partial charge >= 0.3 is 12.4 Å². The number of halogens is 6. The summed E-state index contributed by atoms with van der Waals surface area (Å²) in [6.45, 7) is 1.26. The standard InChI is InChI=1S/C21H18F6N6O4/c1-10(18(34)29-30-19(35)15-9-14(36-2)4-5-16(15)37-3)33-31-17(28-32-33)11-6-12(20(22,23)24)8-13(7-11)21(25,26)27/h4-10H,1-3H3,(H,29,34)(H,30,35)/t10-/m1/s1. The number of nitrogens with one attached hydrogen (secondary N) is 2. The Balaban J connectivity index is 1.78. The lowest BCUT2D eigenvalue weighted by molar-refractivity contribution is -0.143. The molecule has 16 heteroatoms. The normalized spacial score (nSPS) is 12.6. The van der Waals surface area contributed by atoms with E-state index in [1.807, 2.05) is 0 Å². The number of hydrogen-bond acceptors (Lipinski definition) is 7. The van der Waals surface area contributed by atoms with Crippen molar-refractivity contribution >= 4 is 11.8 Å². The van der Waals surface area contributed by atoms with Crippen LogP contribution in [0.1, 0.15) is 34.5 Å². The number of carbonyl (C=O) groups is 2. The van der Waals surface area contributed by atoms with Gasteiger partial charge in [-0.15, -0.1) is 10.2 Å². The summed E-state index contributed by atoms with van der Waals surface area (Å²) < 4.78 is 88.9. The largest absolute Gasteiger partial charge is 0.497 e. The number of ether oxygens (including phenoxy) is 2. The summed E-state index contributed by atoms with van der Waals surface area (Å²) in [4.78, 5) is 25.6. The Morgan fingerprint density at radius 3 is 2.08 bits per heavy atom. The molecule has 1 heterocycles. The molecule has 0 aliphatic heterocycles. The van der Waals surface area contributed by atoms with E-state index in [1.165, 1.54) is 33.3 Å². The zero-order valence-electron chi connectivity index (χ0n) is 19.2. The molecule has 198 valence electrons. The number of benzene rings is 2. The van der Waals surface area contributed by atoms with Gasteiger partial charge in [-0.3, -0.25) is 20.4 Å². The van der Waals surface area contributed by atoms with E-state index in [0.717, 1.165) is 0 Å². The average molecular weight is 532 g/mol. The highest BCUT2D eigenvalue weighted by atomic mass is 19.4. The van der Waals surface area contributed by atoms with Crippen molar-refractivity contribution in [1.29, 1.82) is 0 Å². The van der Waals surface area contributed by atoms with Gasteiger partial charge in [-0.05, 0) is 48.5 Å². The molecular formula is C21H18F6N6O4. The van der Waals surface area contributed by atoms with Gasteiger partial charge in [0.15, 0.2) is 6.04 Å². The highest BCUT2D eigenvalue weighted by molar-refractivity contribution is 5.98. The molecule has 2 N–H and O–H groups in total. The van der Waals surface area contributed by atoms with Crippen molar-refractivity contribution in [3.05, 3.63) is 53.1 Å². The molecule has 0 aliphatic rings. The smallest absolute Gasteiger partial charge is 0.416 e. The Morgan fingerprint density at radius 2 is 1.54 bits per heavy atom. The molecule has 2 aromatic carbocycles. The molecule has 0 fully saturated rings. The van der Waals surface area contributed by atoms with Crippen LogP contribution in [0.25, 0.3) is 11.4 Å². The zero-order chi connectivity index (χ0) is 27.5. The lowest BCUT2D eigenvalue weighted by Crippen LogP contribution is -2.45. The molecular weight excluding hydrogens is 514 g/mol. The quantitative estimate of drug-likeness (QED) is 0.369. The first kappa shape index (κ1) is 27.2. The Morgan fingerprint density at radius 1 is 0.919 bits per heavy atom. The first-order valence-electron chi connectivity index (χ1n) is 10.2. The third-order valence-electron chi connectivity index (χ3n) is 4.95. The summed E-state index contributed by atoms with van der Waals surface area (Å²) in [5, 5.41) is 10.7. The van der Waals surface area contributed by atoms with Gasteiger partial charge in [-0.25, -0.2) is 0 Å². The molecule has 37 heavy (non-hydrogen) atoms. The van der Waals surface area contributed by atoms with Crippen LogP contribution in [0.4, 0.5) is 26.3 Å². The van der Waals surface area contributed by atoms with Gasteiger partial charge in [0.25, 0.3) is 11.8 Å². The number of rotatable bonds is 6. The number of tetrazole rings is 1. The number of hydrogen-bond donors (Lipinski definition) is 2. The first-order chi connectivity index (χ1) is 17.2. The maximum atomic E-state index is 13.1. The van der Waals surface area contributed by atoms with E-state index in [0.29, 0.717) is 22.7 Å². The summed E-state index contributed by atoms with van der Waals surface area (Å²) in [6.07, 6.45) is -10.1. The third-order valence-corrected chi connectivity index (χ3v) is 4.95. The van der Waals surface area contributed by atoms with Crippen LogP contribution in [-0.4, -0.2) is 46.2 Å². The Bertz CT molecular complexity index is 1280. The summed E-state index contributed by atoms with van der Waals surface area (Å²) in [5.41, 5.74) is 0.560. The molecule has 0 unspecified atom stereocenters. The maximum Gasteiger partial charge on any atom is 0.416 e. The lowest BCUT2D eigenvalue weighted by atomic mass is 10.0. The molecule has 0 aliphatic carbocycles. The van der Waals surface area contributed by atoms with E-state index in [1.54, 1.807) is 6.07 Å². The van der Waals surface area contributed by atoms with Crippen LogP contribution in [0.15, 0.2) is 36.4 Å². The molecule has 3 aromatic rings. The average Bonchev–Trinajstić information content (AvgIpc) is 3.35. The lowest BCUT2D eigenvalue weighted by Gasteiger charge is -2.14. The van der Waals surface area contributed by atoms with Crippen molar-refractivity contribution in [2.75, 3.05) is 14.2 Å². The molecule has 0 bridgehead atoms. The van der Waals surface area contributed by atoms with Gasteiger partial charge in [0.2, 0.25) is 5.82 Å². The monoisotopic (exact) mass is 532 g/mol. The number of aromatic nitrogens is 4. The van der Waals surface area contributed by atoms with Gasteiger partial charge in [0.1, 0.15) is 11.5 Å². The number of alkyl halides is 6. The van der Waals surface area contributed by atoms with Crippen LogP contribution in [0.2, 0.25) is 0 Å². The van der Waals surface area contributed by atoms with Gasteiger partial charge in [0, 0.05) is 5.56 Å². The molecule has 0 saturated heterocycles. The van der Waals surface area contributed by atoms with E-state index in [9.17, 15) is 35.9 Å². The molecule has 1 atom stereocenters. The highest BCUT2D eigenvalue weighted by Crippen LogP contribution is 2.38. The van der Waals surface area contributed by atoms with Crippen LogP contribution < -0.4 is 20.3 Å². The fourth-order valence-electron chi connectivity index (χ4n) is 2.98. The molecule has 1 aromatic heterocycles. The predicted octanol–water partition coefficient (Wildman–Crippen LogP) is 3.42. The van der Waals surface area contributed by atoms with E-state index < -0.39 is 52.7 Å². The van der Waals surface area contributed by atoms with Crippen molar-refractivity contribution in [2.45, 2.75) is 25.3 Å². The van der Waals surface area contributed by atoms with Gasteiger partial charge in [-0.2, -0.15) is 31.1 Å². The van der Waals surface area contributed by atoms with Gasteiger partial charge in [-0.1, -0.05) is 0 Å². The second-order valence-corrected chi connectivity index (χ2v) is 7.41. The first-order valence-corrected chi connectivity index (χ1v) is 10.2. The second-order valence-electron chi connectivity index (χ2n) is 7.41. The summed E-state index contributed by atoms with van der Waals surface area (Å²) in [7, 11) is 2.71. The van der Waals surface area contributed by atoms with E-state index in [-0.39, 0.29) is 17.4 Å². The Kier molecular flexibility index (Phi) is 7.59. The minimum absolute atomic E-state index is 0.0287. The SMILES string of the molecule is COc1ccc(OC)c(C(=O)NNC(=O)[C@@H](C)n2nnc(-c3cc(C(F)(F)F)cc(C(F)(F)F)c3)n2)c1. The number of methoxy groups -OCH3 is 2. The van der Waals surface area contributed by atoms with Crippen molar-refractivity contribution in [1.82, 2.24) is 31.1 Å². The maximum absolute atomic E-state index is 13.1. The Labute approximate surface area is 204 Å². The van der Waals surface area contributed by atoms with E-state index in [4.69, 9.17) is 9.47 Å². The van der Waals surface area contributed by atoms with Crippen LogP contribution >= 0.6 is 0 Å². The summed E-state index contributed by atoms with van der Waals surface area (Å²) in [6, 6.07) is 3.93. The fourth-order valence-corrected chi connectivity index (χ4v) is 2.98. The van der Waals surface area contributed by atoms with Gasteiger partial charge in [0.05, 0.1) is 30.9 Å². The number of hydrazine groups is 1. The summed E-state index contributed by atoms with van der Waals surface area (Å²) in [5.74, 6) is -1.71. The predicted molar refractivity (Wildman–Crippen MR) is 113 cm³/mol. The van der Waals surface area contributed by atoms with Crippen molar-refractivity contribution in [2.24, 2.45) is 0 Å². The van der Waals surface area contributed by atoms with Crippen LogP contribution in [-0.2, 0) is 17.1 Å². The minimum Gasteiger partial charge on any atom is -0.497 e.